The Morgan fingerprint density at radius 1 is 1.45 bits per heavy atom. The molecule has 2 rings (SSSR count). The van der Waals surface area contributed by atoms with E-state index in [0.29, 0.717) is 27.9 Å². The molecule has 1 atom stereocenters. The number of halogens is 1. The number of hydrogen-bond donors (Lipinski definition) is 1. The van der Waals surface area contributed by atoms with E-state index in [2.05, 4.69) is 10.1 Å². The van der Waals surface area contributed by atoms with Crippen LogP contribution in [0.5, 0.6) is 0 Å². The van der Waals surface area contributed by atoms with Crippen molar-refractivity contribution in [3.8, 4) is 0 Å². The molecule has 0 aliphatic rings. The Bertz CT molecular complexity index is 641. The fourth-order valence-electron chi connectivity index (χ4n) is 1.96. The normalized spacial score (nSPS) is 12.6. The minimum absolute atomic E-state index is 0.299. The van der Waals surface area contributed by atoms with Gasteiger partial charge in [-0.3, -0.25) is 13.9 Å². The molecule has 1 unspecified atom stereocenters. The van der Waals surface area contributed by atoms with Crippen LogP contribution in [-0.2, 0) is 29.5 Å². The number of pyridine rings is 1. The van der Waals surface area contributed by atoms with Crippen LogP contribution in [0.3, 0.4) is 0 Å². The van der Waals surface area contributed by atoms with Crippen LogP contribution >= 0.6 is 11.6 Å². The molecular formula is C13H17ClN4OS. The van der Waals surface area contributed by atoms with Crippen molar-refractivity contribution in [3.05, 3.63) is 34.9 Å². The van der Waals surface area contributed by atoms with Crippen molar-refractivity contribution in [3.63, 3.8) is 0 Å². The number of nitrogens with zero attached hydrogens (tertiary/aromatic N) is 3. The van der Waals surface area contributed by atoms with Crippen LogP contribution in [0.2, 0.25) is 5.02 Å². The lowest BCUT2D eigenvalue weighted by molar-refractivity contribution is 0.623. The summed E-state index contributed by atoms with van der Waals surface area (Å²) in [7, 11) is -1.27. The van der Waals surface area contributed by atoms with Crippen LogP contribution in [0.4, 0.5) is 5.69 Å². The first-order valence-electron chi connectivity index (χ1n) is 6.40. The Hall–Kier alpha value is -1.40. The molecule has 0 aromatic carbocycles. The second kappa shape index (κ2) is 6.37. The number of aromatic nitrogens is 3. The highest BCUT2D eigenvalue weighted by Gasteiger charge is 2.18. The predicted octanol–water partition coefficient (Wildman–Crippen LogP) is 2.40. The molecule has 0 aliphatic carbocycles. The average molecular weight is 313 g/mol. The first kappa shape index (κ1) is 15.0. The third kappa shape index (κ3) is 2.86. The number of aryl methyl sites for hydroxylation is 2. The molecule has 0 fully saturated rings. The molecule has 5 nitrogen and oxygen atoms in total. The van der Waals surface area contributed by atoms with Gasteiger partial charge >= 0.3 is 0 Å². The molecule has 0 amide bonds. The minimum Gasteiger partial charge on any atom is -0.396 e. The van der Waals surface area contributed by atoms with E-state index in [1.807, 2.05) is 13.8 Å². The molecule has 7 heteroatoms. The minimum atomic E-state index is -1.27. The van der Waals surface area contributed by atoms with Crippen molar-refractivity contribution >= 4 is 28.1 Å². The zero-order valence-electron chi connectivity index (χ0n) is 11.5. The van der Waals surface area contributed by atoms with E-state index in [0.717, 1.165) is 17.8 Å². The fourth-order valence-corrected chi connectivity index (χ4v) is 3.60. The Labute approximate surface area is 125 Å². The summed E-state index contributed by atoms with van der Waals surface area (Å²) in [6.07, 6.45) is 3.84. The molecule has 2 aromatic rings. The van der Waals surface area contributed by atoms with Gasteiger partial charge in [0.05, 0.1) is 49.7 Å². The van der Waals surface area contributed by atoms with E-state index in [-0.39, 0.29) is 0 Å². The van der Waals surface area contributed by atoms with Crippen LogP contribution < -0.4 is 5.73 Å². The Morgan fingerprint density at radius 3 is 2.80 bits per heavy atom. The van der Waals surface area contributed by atoms with E-state index >= 15 is 0 Å². The summed E-state index contributed by atoms with van der Waals surface area (Å²) in [5.41, 5.74) is 7.86. The molecule has 0 aliphatic heterocycles. The van der Waals surface area contributed by atoms with Gasteiger partial charge in [-0.25, -0.2) is 0 Å². The number of rotatable bonds is 5. The van der Waals surface area contributed by atoms with Crippen LogP contribution in [0, 0.1) is 0 Å². The van der Waals surface area contributed by atoms with Gasteiger partial charge in [0.15, 0.2) is 0 Å². The summed E-state index contributed by atoms with van der Waals surface area (Å²) in [5.74, 6) is 0.299. The third-order valence-corrected chi connectivity index (χ3v) is 4.85. The van der Waals surface area contributed by atoms with Gasteiger partial charge in [0, 0.05) is 12.7 Å². The summed E-state index contributed by atoms with van der Waals surface area (Å²) in [5, 5.41) is 5.03. The summed E-state index contributed by atoms with van der Waals surface area (Å²) < 4.78 is 14.3. The highest BCUT2D eigenvalue weighted by Crippen LogP contribution is 2.25. The summed E-state index contributed by atoms with van der Waals surface area (Å²) in [6.45, 7) is 4.67. The van der Waals surface area contributed by atoms with E-state index in [1.54, 1.807) is 16.9 Å². The molecular weight excluding hydrogens is 296 g/mol. The Kier molecular flexibility index (Phi) is 4.77. The van der Waals surface area contributed by atoms with Crippen molar-refractivity contribution in [2.45, 2.75) is 37.5 Å². The van der Waals surface area contributed by atoms with Crippen molar-refractivity contribution in [2.75, 3.05) is 5.73 Å². The smallest absolute Gasteiger partial charge is 0.0859 e. The summed E-state index contributed by atoms with van der Waals surface area (Å²) in [4.78, 5) is 4.48. The SMILES string of the molecule is CCc1nn(CC)c(CS(=O)c2ccncc2N)c1Cl. The van der Waals surface area contributed by atoms with Gasteiger partial charge in [-0.1, -0.05) is 18.5 Å². The van der Waals surface area contributed by atoms with E-state index < -0.39 is 10.8 Å². The molecule has 20 heavy (non-hydrogen) atoms. The fraction of sp³-hybridized carbons (Fsp3) is 0.385. The molecule has 0 spiro atoms. The second-order valence-corrected chi connectivity index (χ2v) is 6.08. The molecule has 0 radical (unpaired) electrons. The van der Waals surface area contributed by atoms with E-state index in [9.17, 15) is 4.21 Å². The van der Waals surface area contributed by atoms with Crippen molar-refractivity contribution < 1.29 is 4.21 Å². The molecule has 0 saturated carbocycles. The topological polar surface area (TPSA) is 73.8 Å². The average Bonchev–Trinajstić information content (AvgIpc) is 2.75. The molecule has 2 aromatic heterocycles. The maximum absolute atomic E-state index is 12.5. The summed E-state index contributed by atoms with van der Waals surface area (Å²) in [6, 6.07) is 1.67. The lowest BCUT2D eigenvalue weighted by atomic mass is 10.3. The van der Waals surface area contributed by atoms with Gasteiger partial charge in [-0.05, 0) is 19.4 Å². The first-order chi connectivity index (χ1) is 9.58. The van der Waals surface area contributed by atoms with Gasteiger partial charge < -0.3 is 5.73 Å². The monoisotopic (exact) mass is 312 g/mol. The second-order valence-electron chi connectivity index (χ2n) is 4.28. The van der Waals surface area contributed by atoms with Crippen molar-refractivity contribution in [1.29, 1.82) is 0 Å². The van der Waals surface area contributed by atoms with E-state index in [4.69, 9.17) is 17.3 Å². The third-order valence-electron chi connectivity index (χ3n) is 3.02. The van der Waals surface area contributed by atoms with Crippen LogP contribution in [0.15, 0.2) is 23.4 Å². The van der Waals surface area contributed by atoms with Gasteiger partial charge in [0.1, 0.15) is 0 Å². The summed E-state index contributed by atoms with van der Waals surface area (Å²) >= 11 is 6.32. The lowest BCUT2D eigenvalue weighted by Crippen LogP contribution is -2.07. The van der Waals surface area contributed by atoms with Crippen molar-refractivity contribution in [2.24, 2.45) is 0 Å². The molecule has 108 valence electrons. The van der Waals surface area contributed by atoms with Gasteiger partial charge in [0.2, 0.25) is 0 Å². The quantitative estimate of drug-likeness (QED) is 0.920. The molecule has 0 bridgehead atoms. The highest BCUT2D eigenvalue weighted by atomic mass is 35.5. The van der Waals surface area contributed by atoms with Gasteiger partial charge in [-0.15, -0.1) is 0 Å². The van der Waals surface area contributed by atoms with Crippen LogP contribution in [-0.4, -0.2) is 19.0 Å². The Morgan fingerprint density at radius 2 is 2.20 bits per heavy atom. The highest BCUT2D eigenvalue weighted by molar-refractivity contribution is 7.84. The number of nitrogen functional groups attached to an aromatic ring is 1. The number of hydrogen-bond acceptors (Lipinski definition) is 4. The zero-order valence-corrected chi connectivity index (χ0v) is 13.0. The van der Waals surface area contributed by atoms with Crippen LogP contribution in [0.1, 0.15) is 25.2 Å². The number of nitrogens with two attached hydrogens (primary N) is 1. The first-order valence-corrected chi connectivity index (χ1v) is 8.10. The van der Waals surface area contributed by atoms with Gasteiger partial charge in [-0.2, -0.15) is 5.10 Å². The maximum Gasteiger partial charge on any atom is 0.0859 e. The lowest BCUT2D eigenvalue weighted by Gasteiger charge is -2.07. The van der Waals surface area contributed by atoms with E-state index in [1.165, 1.54) is 6.20 Å². The zero-order chi connectivity index (χ0) is 14.7. The van der Waals surface area contributed by atoms with Crippen molar-refractivity contribution in [1.82, 2.24) is 14.8 Å². The van der Waals surface area contributed by atoms with Gasteiger partial charge in [0.25, 0.3) is 0 Å². The largest absolute Gasteiger partial charge is 0.396 e. The molecule has 0 saturated heterocycles. The number of anilines is 1. The van der Waals surface area contributed by atoms with Crippen LogP contribution in [0.25, 0.3) is 0 Å². The maximum atomic E-state index is 12.5. The standard InChI is InChI=1S/C13H17ClN4OS/c1-3-10-13(14)11(18(4-2)17-10)8-20(19)12-5-6-16-7-9(12)15/h5-7H,3-4,8,15H2,1-2H3. The predicted molar refractivity (Wildman–Crippen MR) is 81.1 cm³/mol. The molecule has 2 N–H and O–H groups in total. The Balaban J connectivity index is 2.33. The molecule has 2 heterocycles.